The van der Waals surface area contributed by atoms with Crippen molar-refractivity contribution in [2.24, 2.45) is 0 Å². The maximum atomic E-state index is 15.0. The number of nitrogens with zero attached hydrogens (tertiary/aromatic N) is 4. The van der Waals surface area contributed by atoms with Gasteiger partial charge < -0.3 is 25.0 Å². The SMILES string of the molecule is CN(CCO)C1CN(c2nc(-c3ccccc3F)c(Cl)c3c2C(=O)N2CCNCC24CC4O3)C(C)(C)C1. The molecule has 4 heterocycles. The molecule has 8 nitrogen and oxygen atoms in total. The summed E-state index contributed by atoms with van der Waals surface area (Å²) in [7, 11) is 1.99. The van der Waals surface area contributed by atoms with E-state index in [1.54, 1.807) is 18.2 Å². The van der Waals surface area contributed by atoms with Crippen molar-refractivity contribution in [2.45, 2.75) is 49.9 Å². The lowest BCUT2D eigenvalue weighted by atomic mass is 9.98. The Morgan fingerprint density at radius 2 is 2.08 bits per heavy atom. The van der Waals surface area contributed by atoms with Crippen molar-refractivity contribution < 1.29 is 19.0 Å². The van der Waals surface area contributed by atoms with Gasteiger partial charge in [0.1, 0.15) is 28.3 Å². The Kier molecular flexibility index (Phi) is 5.91. The zero-order valence-electron chi connectivity index (χ0n) is 21.4. The highest BCUT2D eigenvalue weighted by Crippen LogP contribution is 2.54. The zero-order chi connectivity index (χ0) is 26.1. The van der Waals surface area contributed by atoms with Crippen molar-refractivity contribution in [3.05, 3.63) is 40.7 Å². The normalized spacial score (nSPS) is 27.9. The predicted octanol–water partition coefficient (Wildman–Crippen LogP) is 2.77. The van der Waals surface area contributed by atoms with E-state index in [0.29, 0.717) is 49.9 Å². The second-order valence-corrected chi connectivity index (χ2v) is 11.7. The first-order valence-corrected chi connectivity index (χ1v) is 13.3. The van der Waals surface area contributed by atoms with Gasteiger partial charge in [0.25, 0.3) is 5.91 Å². The maximum Gasteiger partial charge on any atom is 0.262 e. The quantitative estimate of drug-likeness (QED) is 0.616. The summed E-state index contributed by atoms with van der Waals surface area (Å²) in [4.78, 5) is 25.4. The Morgan fingerprint density at radius 3 is 2.84 bits per heavy atom. The number of amides is 1. The average Bonchev–Trinajstić information content (AvgIpc) is 3.44. The van der Waals surface area contributed by atoms with Crippen molar-refractivity contribution in [1.29, 1.82) is 0 Å². The standard InChI is InChI=1S/C27H33ClFN5O3/c1-26(2)12-16(32(3)10-11-35)14-34(26)24-20-23(21(28)22(31-24)17-6-4-5-7-18(17)29)37-19-13-27(19)15-30-8-9-33(27)25(20)36/h4-7,16,19,30,35H,8-15H2,1-3H3. The van der Waals surface area contributed by atoms with Gasteiger partial charge in [0.2, 0.25) is 0 Å². The van der Waals surface area contributed by atoms with Gasteiger partial charge in [-0.2, -0.15) is 0 Å². The molecule has 4 aliphatic rings. The van der Waals surface area contributed by atoms with Gasteiger partial charge >= 0.3 is 0 Å². The summed E-state index contributed by atoms with van der Waals surface area (Å²) in [6.45, 7) is 7.42. The van der Waals surface area contributed by atoms with E-state index in [9.17, 15) is 9.90 Å². The fourth-order valence-corrected chi connectivity index (χ4v) is 6.64. The molecule has 3 atom stereocenters. The Balaban J connectivity index is 1.54. The molecule has 0 radical (unpaired) electrons. The number of carbonyl (C=O) groups is 1. The largest absolute Gasteiger partial charge is 0.485 e. The number of aliphatic hydroxyl groups excluding tert-OH is 1. The van der Waals surface area contributed by atoms with Gasteiger partial charge in [-0.3, -0.25) is 9.69 Å². The minimum absolute atomic E-state index is 0.0677. The number of benzene rings is 1. The third-order valence-corrected chi connectivity index (χ3v) is 8.92. The number of pyridine rings is 1. The Morgan fingerprint density at radius 1 is 1.30 bits per heavy atom. The second kappa shape index (κ2) is 8.80. The van der Waals surface area contributed by atoms with Crippen molar-refractivity contribution in [1.82, 2.24) is 20.1 Å². The number of likely N-dealkylation sites (N-methyl/N-ethyl adjacent to an activating group) is 1. The molecule has 3 fully saturated rings. The van der Waals surface area contributed by atoms with Gasteiger partial charge in [0, 0.05) is 56.3 Å². The zero-order valence-corrected chi connectivity index (χ0v) is 22.2. The molecule has 3 unspecified atom stereocenters. The Hall–Kier alpha value is -2.46. The minimum Gasteiger partial charge on any atom is -0.485 e. The van der Waals surface area contributed by atoms with E-state index in [1.807, 2.05) is 11.9 Å². The molecule has 1 amide bonds. The number of carbonyl (C=O) groups excluding carboxylic acids is 1. The number of halogens is 2. The van der Waals surface area contributed by atoms with Crippen LogP contribution in [0.5, 0.6) is 5.75 Å². The Bertz CT molecular complexity index is 1260. The minimum atomic E-state index is -0.437. The summed E-state index contributed by atoms with van der Waals surface area (Å²) in [5.74, 6) is 0.203. The van der Waals surface area contributed by atoms with Crippen molar-refractivity contribution in [3.8, 4) is 17.0 Å². The highest BCUT2D eigenvalue weighted by molar-refractivity contribution is 6.35. The van der Waals surface area contributed by atoms with Crippen LogP contribution in [-0.4, -0.2) is 95.4 Å². The number of ether oxygens (including phenoxy) is 1. The number of aliphatic hydroxyl groups is 1. The van der Waals surface area contributed by atoms with Crippen LogP contribution in [0.3, 0.4) is 0 Å². The lowest BCUT2D eigenvalue weighted by Crippen LogP contribution is -2.57. The molecule has 198 valence electrons. The number of hydrogen-bond donors (Lipinski definition) is 2. The molecule has 1 aromatic carbocycles. The van der Waals surface area contributed by atoms with Crippen LogP contribution in [0.1, 0.15) is 37.0 Å². The van der Waals surface area contributed by atoms with E-state index >= 15 is 4.39 Å². The smallest absolute Gasteiger partial charge is 0.262 e. The van der Waals surface area contributed by atoms with Gasteiger partial charge in [-0.15, -0.1) is 0 Å². The van der Waals surface area contributed by atoms with Crippen molar-refractivity contribution in [2.75, 3.05) is 51.3 Å². The summed E-state index contributed by atoms with van der Waals surface area (Å²) in [6, 6.07) is 6.55. The summed E-state index contributed by atoms with van der Waals surface area (Å²) >= 11 is 6.93. The molecule has 1 aromatic heterocycles. The lowest BCUT2D eigenvalue weighted by Gasteiger charge is -2.37. The first-order valence-electron chi connectivity index (χ1n) is 12.9. The summed E-state index contributed by atoms with van der Waals surface area (Å²) < 4.78 is 21.5. The van der Waals surface area contributed by atoms with Gasteiger partial charge in [0.05, 0.1) is 17.8 Å². The Labute approximate surface area is 221 Å². The fourth-order valence-electron chi connectivity index (χ4n) is 6.36. The number of aromatic nitrogens is 1. The second-order valence-electron chi connectivity index (χ2n) is 11.3. The third-order valence-electron chi connectivity index (χ3n) is 8.57. The molecular formula is C27H33ClFN5O3. The number of piperazine rings is 1. The molecule has 1 spiro atoms. The third kappa shape index (κ3) is 3.81. The van der Waals surface area contributed by atoms with E-state index in [-0.39, 0.29) is 46.5 Å². The first kappa shape index (κ1) is 24.9. The molecule has 2 aromatic rings. The summed E-state index contributed by atoms with van der Waals surface area (Å²) in [5, 5.41) is 13.1. The van der Waals surface area contributed by atoms with Crippen LogP contribution in [-0.2, 0) is 0 Å². The topological polar surface area (TPSA) is 81.2 Å². The fraction of sp³-hybridized carbons (Fsp3) is 0.556. The van der Waals surface area contributed by atoms with E-state index < -0.39 is 11.4 Å². The maximum absolute atomic E-state index is 15.0. The van der Waals surface area contributed by atoms with Gasteiger partial charge in [0.15, 0.2) is 5.75 Å². The summed E-state index contributed by atoms with van der Waals surface area (Å²) in [5.41, 5.74) is 0.158. The molecule has 0 bridgehead atoms. The monoisotopic (exact) mass is 529 g/mol. The first-order chi connectivity index (χ1) is 17.7. The van der Waals surface area contributed by atoms with Gasteiger partial charge in [-0.25, -0.2) is 9.37 Å². The highest BCUT2D eigenvalue weighted by atomic mass is 35.5. The molecule has 2 saturated heterocycles. The van der Waals surface area contributed by atoms with Crippen LogP contribution < -0.4 is 15.0 Å². The lowest BCUT2D eigenvalue weighted by molar-refractivity contribution is 0.0567. The average molecular weight is 530 g/mol. The molecule has 10 heteroatoms. The number of rotatable bonds is 5. The molecule has 3 aliphatic heterocycles. The van der Waals surface area contributed by atoms with E-state index in [1.165, 1.54) is 6.07 Å². The van der Waals surface area contributed by atoms with Crippen LogP contribution in [0.4, 0.5) is 10.2 Å². The van der Waals surface area contributed by atoms with Crippen molar-refractivity contribution >= 4 is 23.3 Å². The molecule has 37 heavy (non-hydrogen) atoms. The highest BCUT2D eigenvalue weighted by Gasteiger charge is 2.65. The number of hydrogen-bond acceptors (Lipinski definition) is 7. The van der Waals surface area contributed by atoms with Crippen LogP contribution in [0.15, 0.2) is 24.3 Å². The molecule has 6 rings (SSSR count). The van der Waals surface area contributed by atoms with Crippen LogP contribution in [0.2, 0.25) is 5.02 Å². The van der Waals surface area contributed by atoms with Crippen molar-refractivity contribution in [3.63, 3.8) is 0 Å². The molecule has 1 saturated carbocycles. The van der Waals surface area contributed by atoms with Crippen LogP contribution >= 0.6 is 11.6 Å². The summed E-state index contributed by atoms with van der Waals surface area (Å²) in [6.07, 6.45) is 1.37. The van der Waals surface area contributed by atoms with E-state index in [4.69, 9.17) is 21.3 Å². The van der Waals surface area contributed by atoms with Crippen LogP contribution in [0.25, 0.3) is 11.3 Å². The van der Waals surface area contributed by atoms with Gasteiger partial charge in [-0.05, 0) is 39.4 Å². The van der Waals surface area contributed by atoms with E-state index in [0.717, 1.165) is 12.8 Å². The number of fused-ring (bicyclic) bond motifs is 1. The number of anilines is 1. The van der Waals surface area contributed by atoms with Crippen LogP contribution in [0, 0.1) is 5.82 Å². The molecule has 2 N–H and O–H groups in total. The number of nitrogens with one attached hydrogen (secondary N) is 1. The molecular weight excluding hydrogens is 497 g/mol. The molecule has 1 aliphatic carbocycles. The van der Waals surface area contributed by atoms with Gasteiger partial charge in [-0.1, -0.05) is 23.7 Å². The van der Waals surface area contributed by atoms with E-state index in [2.05, 4.69) is 29.0 Å². The predicted molar refractivity (Wildman–Crippen MR) is 140 cm³/mol.